The second-order valence-electron chi connectivity index (χ2n) is 6.58. The maximum Gasteiger partial charge on any atom is 0.313 e. The standard InChI is InChI=1S/C23H23NO5/c1-15(16-7-8-18-12-21(28-3)10-9-17(18)11-16)23(26)29-14-22(25)24-19-5-4-6-20(13-19)27-2/h4-13,15H,14H2,1-3H3,(H,24,25)/t15-/m0/s1. The quantitative estimate of drug-likeness (QED) is 0.611. The molecular formula is C23H23NO5. The second-order valence-corrected chi connectivity index (χ2v) is 6.58. The summed E-state index contributed by atoms with van der Waals surface area (Å²) in [6.07, 6.45) is 0. The molecule has 0 aliphatic rings. The van der Waals surface area contributed by atoms with Crippen LogP contribution in [-0.4, -0.2) is 32.7 Å². The van der Waals surface area contributed by atoms with Gasteiger partial charge in [-0.3, -0.25) is 9.59 Å². The third-order valence-electron chi connectivity index (χ3n) is 4.62. The van der Waals surface area contributed by atoms with Crippen LogP contribution in [0.4, 0.5) is 5.69 Å². The second kappa shape index (κ2) is 9.10. The molecule has 0 spiro atoms. The molecule has 0 saturated heterocycles. The van der Waals surface area contributed by atoms with Crippen molar-refractivity contribution in [1.29, 1.82) is 0 Å². The lowest BCUT2D eigenvalue weighted by atomic mass is 9.98. The SMILES string of the molecule is COc1cccc(NC(=O)COC(=O)[C@@H](C)c2ccc3cc(OC)ccc3c2)c1. The van der Waals surface area contributed by atoms with Gasteiger partial charge in [0.25, 0.3) is 5.91 Å². The summed E-state index contributed by atoms with van der Waals surface area (Å²) >= 11 is 0. The van der Waals surface area contributed by atoms with E-state index in [2.05, 4.69) is 5.32 Å². The molecule has 1 N–H and O–H groups in total. The molecule has 6 nitrogen and oxygen atoms in total. The van der Waals surface area contributed by atoms with Crippen LogP contribution in [0.15, 0.2) is 60.7 Å². The molecule has 0 bridgehead atoms. The number of esters is 1. The van der Waals surface area contributed by atoms with Gasteiger partial charge >= 0.3 is 5.97 Å². The molecule has 0 radical (unpaired) electrons. The molecule has 0 fully saturated rings. The van der Waals surface area contributed by atoms with Crippen LogP contribution >= 0.6 is 0 Å². The topological polar surface area (TPSA) is 73.9 Å². The minimum Gasteiger partial charge on any atom is -0.497 e. The molecule has 0 saturated carbocycles. The lowest BCUT2D eigenvalue weighted by molar-refractivity contribution is -0.148. The Morgan fingerprint density at radius 3 is 2.34 bits per heavy atom. The van der Waals surface area contributed by atoms with Crippen molar-refractivity contribution in [2.24, 2.45) is 0 Å². The fourth-order valence-corrected chi connectivity index (χ4v) is 2.93. The van der Waals surface area contributed by atoms with Gasteiger partial charge in [-0.1, -0.05) is 30.3 Å². The van der Waals surface area contributed by atoms with E-state index in [1.165, 1.54) is 0 Å². The van der Waals surface area contributed by atoms with Crippen molar-refractivity contribution in [3.63, 3.8) is 0 Å². The van der Waals surface area contributed by atoms with Crippen molar-refractivity contribution in [2.45, 2.75) is 12.8 Å². The van der Waals surface area contributed by atoms with Crippen LogP contribution < -0.4 is 14.8 Å². The zero-order chi connectivity index (χ0) is 20.8. The van der Waals surface area contributed by atoms with Gasteiger partial charge in [-0.25, -0.2) is 0 Å². The zero-order valence-electron chi connectivity index (χ0n) is 16.6. The van der Waals surface area contributed by atoms with Gasteiger partial charge in [0.1, 0.15) is 11.5 Å². The molecule has 0 aliphatic heterocycles. The van der Waals surface area contributed by atoms with Gasteiger partial charge < -0.3 is 19.5 Å². The molecule has 6 heteroatoms. The fraction of sp³-hybridized carbons (Fsp3) is 0.217. The van der Waals surface area contributed by atoms with E-state index in [1.54, 1.807) is 45.4 Å². The van der Waals surface area contributed by atoms with Gasteiger partial charge in [0.05, 0.1) is 20.1 Å². The van der Waals surface area contributed by atoms with Crippen molar-refractivity contribution in [1.82, 2.24) is 0 Å². The Hall–Kier alpha value is -3.54. The number of fused-ring (bicyclic) bond motifs is 1. The summed E-state index contributed by atoms with van der Waals surface area (Å²) in [5.41, 5.74) is 1.39. The van der Waals surface area contributed by atoms with Gasteiger partial charge in [-0.05, 0) is 47.5 Å². The first-order chi connectivity index (χ1) is 14.0. The number of benzene rings is 3. The van der Waals surface area contributed by atoms with Crippen molar-refractivity contribution < 1.29 is 23.8 Å². The summed E-state index contributed by atoms with van der Waals surface area (Å²) in [5, 5.41) is 4.70. The number of carbonyl (C=O) groups excluding carboxylic acids is 2. The number of amides is 1. The number of methoxy groups -OCH3 is 2. The summed E-state index contributed by atoms with van der Waals surface area (Å²) in [7, 11) is 3.17. The minimum absolute atomic E-state index is 0.356. The van der Waals surface area contributed by atoms with Crippen LogP contribution in [0.5, 0.6) is 11.5 Å². The van der Waals surface area contributed by atoms with E-state index < -0.39 is 17.8 Å². The summed E-state index contributed by atoms with van der Waals surface area (Å²) < 4.78 is 15.5. The molecular weight excluding hydrogens is 370 g/mol. The number of rotatable bonds is 7. The van der Waals surface area contributed by atoms with Crippen molar-refractivity contribution in [3.8, 4) is 11.5 Å². The first-order valence-corrected chi connectivity index (χ1v) is 9.18. The molecule has 3 aromatic rings. The van der Waals surface area contributed by atoms with Crippen LogP contribution in [0.3, 0.4) is 0 Å². The largest absolute Gasteiger partial charge is 0.497 e. The highest BCUT2D eigenvalue weighted by Gasteiger charge is 2.18. The fourth-order valence-electron chi connectivity index (χ4n) is 2.93. The smallest absolute Gasteiger partial charge is 0.313 e. The lowest BCUT2D eigenvalue weighted by Gasteiger charge is -2.13. The van der Waals surface area contributed by atoms with E-state index in [4.69, 9.17) is 14.2 Å². The van der Waals surface area contributed by atoms with Gasteiger partial charge in [0, 0.05) is 11.8 Å². The van der Waals surface area contributed by atoms with E-state index in [0.717, 1.165) is 22.1 Å². The summed E-state index contributed by atoms with van der Waals surface area (Å²) in [4.78, 5) is 24.5. The monoisotopic (exact) mass is 393 g/mol. The Labute approximate surface area is 169 Å². The maximum absolute atomic E-state index is 12.4. The van der Waals surface area contributed by atoms with E-state index in [0.29, 0.717) is 11.4 Å². The van der Waals surface area contributed by atoms with E-state index >= 15 is 0 Å². The Bertz CT molecular complexity index is 1030. The highest BCUT2D eigenvalue weighted by molar-refractivity contribution is 5.93. The number of hydrogen-bond acceptors (Lipinski definition) is 5. The van der Waals surface area contributed by atoms with Crippen LogP contribution in [0.2, 0.25) is 0 Å². The summed E-state index contributed by atoms with van der Waals surface area (Å²) in [5.74, 6) is 0.0382. The van der Waals surface area contributed by atoms with Gasteiger partial charge in [-0.2, -0.15) is 0 Å². The molecule has 0 aromatic heterocycles. The molecule has 3 aromatic carbocycles. The molecule has 0 heterocycles. The van der Waals surface area contributed by atoms with Crippen molar-refractivity contribution in [3.05, 3.63) is 66.2 Å². The molecule has 3 rings (SSSR count). The molecule has 0 aliphatic carbocycles. The molecule has 0 unspecified atom stereocenters. The first-order valence-electron chi connectivity index (χ1n) is 9.18. The van der Waals surface area contributed by atoms with E-state index in [1.807, 2.05) is 36.4 Å². The van der Waals surface area contributed by atoms with Gasteiger partial charge in [0.2, 0.25) is 0 Å². The maximum atomic E-state index is 12.4. The lowest BCUT2D eigenvalue weighted by Crippen LogP contribution is -2.23. The average molecular weight is 393 g/mol. The highest BCUT2D eigenvalue weighted by atomic mass is 16.5. The normalized spacial score (nSPS) is 11.6. The van der Waals surface area contributed by atoms with E-state index in [-0.39, 0.29) is 6.61 Å². The molecule has 29 heavy (non-hydrogen) atoms. The number of carbonyl (C=O) groups is 2. The highest BCUT2D eigenvalue weighted by Crippen LogP contribution is 2.25. The summed E-state index contributed by atoms with van der Waals surface area (Å²) in [6, 6.07) is 18.5. The van der Waals surface area contributed by atoms with Crippen LogP contribution in [0.1, 0.15) is 18.4 Å². The first kappa shape index (κ1) is 20.2. The molecule has 1 amide bonds. The van der Waals surface area contributed by atoms with Crippen LogP contribution in [-0.2, 0) is 14.3 Å². The predicted molar refractivity (Wildman–Crippen MR) is 111 cm³/mol. The predicted octanol–water partition coefficient (Wildman–Crippen LogP) is 4.14. The number of ether oxygens (including phenoxy) is 3. The Morgan fingerprint density at radius 2 is 1.59 bits per heavy atom. The zero-order valence-corrected chi connectivity index (χ0v) is 16.6. The Kier molecular flexibility index (Phi) is 6.34. The van der Waals surface area contributed by atoms with E-state index in [9.17, 15) is 9.59 Å². The van der Waals surface area contributed by atoms with Gasteiger partial charge in [0.15, 0.2) is 6.61 Å². The average Bonchev–Trinajstić information content (AvgIpc) is 2.76. The minimum atomic E-state index is -0.494. The van der Waals surface area contributed by atoms with Crippen molar-refractivity contribution >= 4 is 28.3 Å². The number of anilines is 1. The van der Waals surface area contributed by atoms with Crippen molar-refractivity contribution in [2.75, 3.05) is 26.1 Å². The Morgan fingerprint density at radius 1 is 0.897 bits per heavy atom. The third kappa shape index (κ3) is 5.04. The van der Waals surface area contributed by atoms with Crippen LogP contribution in [0.25, 0.3) is 10.8 Å². The molecule has 1 atom stereocenters. The van der Waals surface area contributed by atoms with Crippen LogP contribution in [0, 0.1) is 0 Å². The Balaban J connectivity index is 1.59. The molecule has 150 valence electrons. The third-order valence-corrected chi connectivity index (χ3v) is 4.62. The van der Waals surface area contributed by atoms with Gasteiger partial charge in [-0.15, -0.1) is 0 Å². The number of nitrogens with one attached hydrogen (secondary N) is 1. The number of hydrogen-bond donors (Lipinski definition) is 1. The summed E-state index contributed by atoms with van der Waals surface area (Å²) in [6.45, 7) is 1.40.